The lowest BCUT2D eigenvalue weighted by Crippen LogP contribution is -2.26. The summed E-state index contributed by atoms with van der Waals surface area (Å²) in [6.45, 7) is 2.36. The number of hydrogen-bond acceptors (Lipinski definition) is 5. The summed E-state index contributed by atoms with van der Waals surface area (Å²) in [7, 11) is 1.34. The van der Waals surface area contributed by atoms with Crippen molar-refractivity contribution in [2.75, 3.05) is 21.3 Å². The zero-order valence-corrected chi connectivity index (χ0v) is 12.1. The van der Waals surface area contributed by atoms with Crippen molar-refractivity contribution < 1.29 is 18.3 Å². The molecule has 0 saturated carbocycles. The third kappa shape index (κ3) is 3.82. The maximum absolute atomic E-state index is 12.0. The Morgan fingerprint density at radius 3 is 2.17 bits per heavy atom. The summed E-state index contributed by atoms with van der Waals surface area (Å²) in [5, 5.41) is 3.12. The summed E-state index contributed by atoms with van der Waals surface area (Å²) in [5.41, 5.74) is 1.07. The van der Waals surface area contributed by atoms with E-state index >= 15 is 0 Å². The summed E-state index contributed by atoms with van der Waals surface area (Å²) < 4.78 is 27.0. The molecule has 0 bridgehead atoms. The van der Waals surface area contributed by atoms with Crippen molar-refractivity contribution in [2.45, 2.75) is 19.3 Å². The molecule has 1 rings (SSSR count). The monoisotopic (exact) mass is 273 g/mol. The Labute approximate surface area is 108 Å². The second-order valence-corrected chi connectivity index (χ2v) is 6.39. The molecule has 0 aromatic heterocycles. The van der Waals surface area contributed by atoms with Gasteiger partial charge in [-0.2, -0.15) is 0 Å². The second-order valence-electron chi connectivity index (χ2n) is 3.81. The van der Waals surface area contributed by atoms with Gasteiger partial charge >= 0.3 is 7.60 Å². The molecule has 102 valence electrons. The van der Waals surface area contributed by atoms with Crippen molar-refractivity contribution in [3.63, 3.8) is 0 Å². The van der Waals surface area contributed by atoms with Crippen molar-refractivity contribution in [3.05, 3.63) is 29.8 Å². The van der Waals surface area contributed by atoms with Crippen LogP contribution in [0.3, 0.4) is 0 Å². The molecule has 0 amide bonds. The van der Waals surface area contributed by atoms with E-state index in [0.29, 0.717) is 6.54 Å². The van der Waals surface area contributed by atoms with E-state index in [1.54, 1.807) is 14.0 Å². The van der Waals surface area contributed by atoms with Gasteiger partial charge < -0.3 is 13.8 Å². The third-order valence-corrected chi connectivity index (χ3v) is 4.89. The van der Waals surface area contributed by atoms with E-state index < -0.39 is 7.60 Å². The van der Waals surface area contributed by atoms with E-state index in [1.807, 2.05) is 24.3 Å². The summed E-state index contributed by atoms with van der Waals surface area (Å²) >= 11 is 0. The van der Waals surface area contributed by atoms with Crippen LogP contribution < -0.4 is 10.1 Å². The molecular formula is C12H20NO4P. The Hall–Kier alpha value is -0.870. The predicted octanol–water partition coefficient (Wildman–Crippen LogP) is 2.62. The lowest BCUT2D eigenvalue weighted by molar-refractivity contribution is 0.261. The van der Waals surface area contributed by atoms with Gasteiger partial charge in [-0.05, 0) is 24.6 Å². The molecular weight excluding hydrogens is 253 g/mol. The van der Waals surface area contributed by atoms with Gasteiger partial charge in [0, 0.05) is 20.8 Å². The molecule has 0 radical (unpaired) electrons. The molecule has 0 heterocycles. The molecule has 0 aliphatic rings. The molecule has 0 aliphatic carbocycles. The van der Waals surface area contributed by atoms with E-state index in [9.17, 15) is 4.57 Å². The first-order valence-corrected chi connectivity index (χ1v) is 7.24. The Kier molecular flexibility index (Phi) is 5.82. The Balaban J connectivity index is 2.56. The molecule has 1 aromatic rings. The average Bonchev–Trinajstić information content (AvgIpc) is 2.44. The van der Waals surface area contributed by atoms with Crippen molar-refractivity contribution >= 4 is 7.60 Å². The van der Waals surface area contributed by atoms with Crippen LogP contribution >= 0.6 is 7.60 Å². The fraction of sp³-hybridized carbons (Fsp3) is 0.500. The molecule has 18 heavy (non-hydrogen) atoms. The van der Waals surface area contributed by atoms with E-state index in [2.05, 4.69) is 5.32 Å². The molecule has 0 saturated heterocycles. The number of rotatable bonds is 7. The number of hydrogen-bond donors (Lipinski definition) is 1. The maximum atomic E-state index is 12.0. The summed E-state index contributed by atoms with van der Waals surface area (Å²) in [5.74, 6) is 0.445. The zero-order valence-electron chi connectivity index (χ0n) is 11.2. The number of methoxy groups -OCH3 is 1. The molecule has 1 N–H and O–H groups in total. The van der Waals surface area contributed by atoms with Crippen LogP contribution in [0.4, 0.5) is 0 Å². The van der Waals surface area contributed by atoms with E-state index in [-0.39, 0.29) is 5.78 Å². The van der Waals surface area contributed by atoms with Crippen molar-refractivity contribution in [1.29, 1.82) is 0 Å². The first kappa shape index (κ1) is 15.2. The molecule has 1 unspecified atom stereocenters. The highest BCUT2D eigenvalue weighted by atomic mass is 31.2. The fourth-order valence-electron chi connectivity index (χ4n) is 1.51. The van der Waals surface area contributed by atoms with Gasteiger partial charge in [0.15, 0.2) is 0 Å². The van der Waals surface area contributed by atoms with E-state index in [1.165, 1.54) is 14.2 Å². The minimum atomic E-state index is -3.06. The third-order valence-electron chi connectivity index (χ3n) is 2.74. The lowest BCUT2D eigenvalue weighted by Gasteiger charge is -2.21. The Morgan fingerprint density at radius 2 is 1.72 bits per heavy atom. The van der Waals surface area contributed by atoms with Gasteiger partial charge in [0.25, 0.3) is 0 Å². The van der Waals surface area contributed by atoms with Gasteiger partial charge in [0.05, 0.1) is 7.11 Å². The minimum Gasteiger partial charge on any atom is -0.497 e. The largest absolute Gasteiger partial charge is 0.497 e. The smallest absolute Gasteiger partial charge is 0.346 e. The van der Waals surface area contributed by atoms with Crippen LogP contribution in [0.2, 0.25) is 0 Å². The van der Waals surface area contributed by atoms with Gasteiger partial charge in [0.2, 0.25) is 0 Å². The fourth-order valence-corrected chi connectivity index (χ4v) is 2.61. The highest BCUT2D eigenvalue weighted by molar-refractivity contribution is 7.54. The first-order valence-electron chi connectivity index (χ1n) is 5.63. The molecule has 0 spiro atoms. The zero-order chi connectivity index (χ0) is 13.6. The standard InChI is InChI=1S/C12H20NO4P/c1-10(18(14,16-3)17-4)13-9-11-5-7-12(15-2)8-6-11/h5-8,10,13H,9H2,1-4H3. The summed E-state index contributed by atoms with van der Waals surface area (Å²) in [6.07, 6.45) is 0. The van der Waals surface area contributed by atoms with Crippen LogP contribution in [-0.4, -0.2) is 27.1 Å². The first-order chi connectivity index (χ1) is 8.55. The Bertz CT molecular complexity index is 399. The molecule has 0 aliphatic heterocycles. The van der Waals surface area contributed by atoms with Crippen LogP contribution in [0.1, 0.15) is 12.5 Å². The van der Waals surface area contributed by atoms with Crippen molar-refractivity contribution in [1.82, 2.24) is 5.32 Å². The Morgan fingerprint density at radius 1 is 1.17 bits per heavy atom. The van der Waals surface area contributed by atoms with Gasteiger partial charge in [-0.3, -0.25) is 9.88 Å². The summed E-state index contributed by atoms with van der Waals surface area (Å²) in [4.78, 5) is 0. The number of ether oxygens (including phenoxy) is 1. The molecule has 1 atom stereocenters. The van der Waals surface area contributed by atoms with Crippen LogP contribution in [0.5, 0.6) is 5.75 Å². The van der Waals surface area contributed by atoms with Crippen LogP contribution in [0, 0.1) is 0 Å². The highest BCUT2D eigenvalue weighted by Crippen LogP contribution is 2.50. The normalized spacial score (nSPS) is 13.3. The van der Waals surface area contributed by atoms with Crippen LogP contribution in [0.25, 0.3) is 0 Å². The summed E-state index contributed by atoms with van der Waals surface area (Å²) in [6, 6.07) is 7.66. The van der Waals surface area contributed by atoms with Gasteiger partial charge in [0.1, 0.15) is 11.5 Å². The second kappa shape index (κ2) is 6.90. The molecule has 5 nitrogen and oxygen atoms in total. The predicted molar refractivity (Wildman–Crippen MR) is 70.9 cm³/mol. The van der Waals surface area contributed by atoms with Crippen LogP contribution in [0.15, 0.2) is 24.3 Å². The van der Waals surface area contributed by atoms with Gasteiger partial charge in [-0.15, -0.1) is 0 Å². The SMILES string of the molecule is COc1ccc(CNC(C)P(=O)(OC)OC)cc1. The van der Waals surface area contributed by atoms with Crippen molar-refractivity contribution in [3.8, 4) is 5.75 Å². The van der Waals surface area contributed by atoms with E-state index in [4.69, 9.17) is 13.8 Å². The molecule has 0 fully saturated rings. The van der Waals surface area contributed by atoms with Crippen LogP contribution in [-0.2, 0) is 20.2 Å². The maximum Gasteiger partial charge on any atom is 0.346 e. The highest BCUT2D eigenvalue weighted by Gasteiger charge is 2.29. The van der Waals surface area contributed by atoms with Gasteiger partial charge in [-0.25, -0.2) is 0 Å². The molecule has 1 aromatic carbocycles. The van der Waals surface area contributed by atoms with E-state index in [0.717, 1.165) is 11.3 Å². The minimum absolute atomic E-state index is 0.366. The average molecular weight is 273 g/mol. The quantitative estimate of drug-likeness (QED) is 0.774. The lowest BCUT2D eigenvalue weighted by atomic mass is 10.2. The molecule has 6 heteroatoms. The number of benzene rings is 1. The topological polar surface area (TPSA) is 56.8 Å². The van der Waals surface area contributed by atoms with Crippen molar-refractivity contribution in [2.24, 2.45) is 0 Å². The number of nitrogens with one attached hydrogen (secondary N) is 1. The van der Waals surface area contributed by atoms with Gasteiger partial charge in [-0.1, -0.05) is 12.1 Å².